The number of benzene rings is 1. The van der Waals surface area contributed by atoms with Gasteiger partial charge in [-0.3, -0.25) is 9.59 Å². The zero-order valence-corrected chi connectivity index (χ0v) is 13.4. The summed E-state index contributed by atoms with van der Waals surface area (Å²) in [7, 11) is 1.57. The smallest absolute Gasteiger partial charge is 0.238 e. The molecule has 1 aromatic carbocycles. The van der Waals surface area contributed by atoms with Crippen molar-refractivity contribution >= 4 is 23.2 Å². The summed E-state index contributed by atoms with van der Waals surface area (Å²) in [6.07, 6.45) is 3.98. The van der Waals surface area contributed by atoms with E-state index in [1.807, 2.05) is 12.1 Å². The lowest BCUT2D eigenvalue weighted by Gasteiger charge is -2.19. The van der Waals surface area contributed by atoms with Gasteiger partial charge in [0.1, 0.15) is 5.75 Å². The molecule has 0 aromatic heterocycles. The van der Waals surface area contributed by atoms with E-state index < -0.39 is 0 Å². The lowest BCUT2D eigenvalue weighted by molar-refractivity contribution is -0.117. The van der Waals surface area contributed by atoms with Crippen molar-refractivity contribution in [2.75, 3.05) is 37.0 Å². The molecular formula is C17H23N3O3. The maximum absolute atomic E-state index is 11.9. The van der Waals surface area contributed by atoms with E-state index in [9.17, 15) is 9.59 Å². The first-order valence-electron chi connectivity index (χ1n) is 8.16. The van der Waals surface area contributed by atoms with Gasteiger partial charge in [-0.15, -0.1) is 0 Å². The molecular weight excluding hydrogens is 294 g/mol. The highest BCUT2D eigenvalue weighted by Gasteiger charge is 2.24. The van der Waals surface area contributed by atoms with Crippen LogP contribution in [0.2, 0.25) is 0 Å². The first kappa shape index (κ1) is 15.8. The van der Waals surface area contributed by atoms with E-state index in [4.69, 9.17) is 4.74 Å². The van der Waals surface area contributed by atoms with E-state index in [1.165, 1.54) is 12.8 Å². The van der Waals surface area contributed by atoms with Crippen LogP contribution in [0.25, 0.3) is 0 Å². The molecule has 2 aliphatic rings. The summed E-state index contributed by atoms with van der Waals surface area (Å²) in [5.74, 6) is 1.39. The number of hydrogen-bond acceptors (Lipinski definition) is 4. The van der Waals surface area contributed by atoms with Gasteiger partial charge in [0.2, 0.25) is 11.8 Å². The second kappa shape index (κ2) is 7.00. The van der Waals surface area contributed by atoms with Crippen molar-refractivity contribution in [3.63, 3.8) is 0 Å². The molecule has 1 aromatic rings. The van der Waals surface area contributed by atoms with E-state index in [2.05, 4.69) is 10.6 Å². The summed E-state index contributed by atoms with van der Waals surface area (Å²) in [4.78, 5) is 25.5. The topological polar surface area (TPSA) is 70.7 Å². The van der Waals surface area contributed by atoms with Gasteiger partial charge < -0.3 is 20.3 Å². The van der Waals surface area contributed by atoms with Crippen LogP contribution in [0.4, 0.5) is 11.4 Å². The number of nitrogens with one attached hydrogen (secondary N) is 2. The fraction of sp³-hybridized carbons (Fsp3) is 0.529. The van der Waals surface area contributed by atoms with E-state index in [0.29, 0.717) is 30.9 Å². The van der Waals surface area contributed by atoms with Crippen LogP contribution in [0, 0.1) is 5.92 Å². The Morgan fingerprint density at radius 2 is 2.22 bits per heavy atom. The largest absolute Gasteiger partial charge is 0.494 e. The molecule has 23 heavy (non-hydrogen) atoms. The zero-order chi connectivity index (χ0) is 16.2. The number of anilines is 2. The molecule has 0 bridgehead atoms. The fourth-order valence-corrected chi connectivity index (χ4v) is 2.80. The third-order valence-corrected chi connectivity index (χ3v) is 4.24. The molecule has 0 atom stereocenters. The molecule has 2 N–H and O–H groups in total. The highest BCUT2D eigenvalue weighted by Crippen LogP contribution is 2.33. The molecule has 0 unspecified atom stereocenters. The minimum absolute atomic E-state index is 0.0716. The van der Waals surface area contributed by atoms with Crippen LogP contribution in [0.15, 0.2) is 18.2 Å². The number of carbonyl (C=O) groups excluding carboxylic acids is 2. The Balaban J connectivity index is 1.61. The Kier molecular flexibility index (Phi) is 4.81. The van der Waals surface area contributed by atoms with E-state index in [-0.39, 0.29) is 11.8 Å². The molecule has 6 heteroatoms. The summed E-state index contributed by atoms with van der Waals surface area (Å²) in [6.45, 7) is 1.93. The number of nitrogens with zero attached hydrogens (tertiary/aromatic N) is 1. The number of methoxy groups -OCH3 is 1. The Morgan fingerprint density at radius 3 is 2.87 bits per heavy atom. The lowest BCUT2D eigenvalue weighted by atomic mass is 10.2. The average Bonchev–Trinajstić information content (AvgIpc) is 3.27. The number of hydrogen-bond donors (Lipinski definition) is 2. The summed E-state index contributed by atoms with van der Waals surface area (Å²) < 4.78 is 5.39. The van der Waals surface area contributed by atoms with Gasteiger partial charge in [0.25, 0.3) is 0 Å². The maximum atomic E-state index is 11.9. The second-order valence-electron chi connectivity index (χ2n) is 6.16. The molecule has 6 nitrogen and oxygen atoms in total. The van der Waals surface area contributed by atoms with E-state index in [0.717, 1.165) is 24.6 Å². The third-order valence-electron chi connectivity index (χ3n) is 4.24. The third kappa shape index (κ3) is 4.01. The van der Waals surface area contributed by atoms with Gasteiger partial charge in [-0.05, 0) is 43.9 Å². The molecule has 1 aliphatic heterocycles. The summed E-state index contributed by atoms with van der Waals surface area (Å²) in [5, 5.41) is 6.02. The first-order chi connectivity index (χ1) is 11.2. The van der Waals surface area contributed by atoms with Crippen LogP contribution < -0.4 is 20.3 Å². The highest BCUT2D eigenvalue weighted by molar-refractivity contribution is 5.98. The van der Waals surface area contributed by atoms with Gasteiger partial charge in [-0.1, -0.05) is 0 Å². The van der Waals surface area contributed by atoms with Crippen LogP contribution >= 0.6 is 0 Å². The highest BCUT2D eigenvalue weighted by atomic mass is 16.5. The van der Waals surface area contributed by atoms with Crippen LogP contribution in [0.3, 0.4) is 0 Å². The lowest BCUT2D eigenvalue weighted by Crippen LogP contribution is -2.29. The molecule has 0 radical (unpaired) electrons. The zero-order valence-electron chi connectivity index (χ0n) is 13.4. The molecule has 1 aliphatic carbocycles. The Bertz CT molecular complexity index is 599. The van der Waals surface area contributed by atoms with Crippen LogP contribution in [0.1, 0.15) is 25.7 Å². The van der Waals surface area contributed by atoms with Crippen molar-refractivity contribution in [2.24, 2.45) is 5.92 Å². The van der Waals surface area contributed by atoms with Crippen LogP contribution in [0.5, 0.6) is 5.75 Å². The van der Waals surface area contributed by atoms with Crippen molar-refractivity contribution in [1.29, 1.82) is 0 Å². The quantitative estimate of drug-likeness (QED) is 0.804. The standard InChI is InChI=1S/C17H23N3O3/c1-23-15-9-13(19-16(21)11-18-10-12-4-5-12)6-7-14(15)20-8-2-3-17(20)22/h6-7,9,12,18H,2-5,8,10-11H2,1H3,(H,19,21). The predicted octanol–water partition coefficient (Wildman–Crippen LogP) is 1.76. The number of rotatable bonds is 7. The molecule has 1 saturated carbocycles. The minimum atomic E-state index is -0.0716. The maximum Gasteiger partial charge on any atom is 0.238 e. The molecule has 124 valence electrons. The number of carbonyl (C=O) groups is 2. The van der Waals surface area contributed by atoms with Crippen LogP contribution in [-0.4, -0.2) is 38.6 Å². The average molecular weight is 317 g/mol. The second-order valence-corrected chi connectivity index (χ2v) is 6.16. The fourth-order valence-electron chi connectivity index (χ4n) is 2.80. The van der Waals surface area contributed by atoms with Gasteiger partial charge in [0, 0.05) is 24.7 Å². The Hall–Kier alpha value is -2.08. The molecule has 3 rings (SSSR count). The molecule has 1 saturated heterocycles. The Labute approximate surface area is 136 Å². The van der Waals surface area contributed by atoms with Gasteiger partial charge in [-0.2, -0.15) is 0 Å². The van der Waals surface area contributed by atoms with Crippen molar-refractivity contribution < 1.29 is 14.3 Å². The van der Waals surface area contributed by atoms with Crippen molar-refractivity contribution in [3.8, 4) is 5.75 Å². The van der Waals surface area contributed by atoms with E-state index >= 15 is 0 Å². The van der Waals surface area contributed by atoms with E-state index in [1.54, 1.807) is 18.1 Å². The van der Waals surface area contributed by atoms with Crippen molar-refractivity contribution in [3.05, 3.63) is 18.2 Å². The van der Waals surface area contributed by atoms with Gasteiger partial charge in [0.15, 0.2) is 0 Å². The molecule has 1 heterocycles. The molecule has 2 amide bonds. The normalized spacial score (nSPS) is 17.4. The van der Waals surface area contributed by atoms with Crippen molar-refractivity contribution in [2.45, 2.75) is 25.7 Å². The summed E-state index contributed by atoms with van der Waals surface area (Å²) in [5.41, 5.74) is 1.44. The summed E-state index contributed by atoms with van der Waals surface area (Å²) >= 11 is 0. The SMILES string of the molecule is COc1cc(NC(=O)CNCC2CC2)ccc1N1CCCC1=O. The van der Waals surface area contributed by atoms with Gasteiger partial charge in [0.05, 0.1) is 19.3 Å². The van der Waals surface area contributed by atoms with Crippen molar-refractivity contribution in [1.82, 2.24) is 5.32 Å². The summed E-state index contributed by atoms with van der Waals surface area (Å²) in [6, 6.07) is 5.40. The molecule has 2 fully saturated rings. The van der Waals surface area contributed by atoms with Crippen LogP contribution in [-0.2, 0) is 9.59 Å². The first-order valence-corrected chi connectivity index (χ1v) is 8.16. The van der Waals surface area contributed by atoms with Gasteiger partial charge >= 0.3 is 0 Å². The number of ether oxygens (including phenoxy) is 1. The monoisotopic (exact) mass is 317 g/mol. The predicted molar refractivity (Wildman–Crippen MR) is 88.8 cm³/mol. The Morgan fingerprint density at radius 1 is 1.39 bits per heavy atom. The molecule has 0 spiro atoms. The van der Waals surface area contributed by atoms with Gasteiger partial charge in [-0.25, -0.2) is 0 Å². The number of amides is 2. The minimum Gasteiger partial charge on any atom is -0.494 e.